The molecule has 0 aliphatic rings. The Bertz CT molecular complexity index is 146. The number of carbonyl (C=O) groups is 1. The monoisotopic (exact) mass is 187 g/mol. The molecule has 0 bridgehead atoms. The molecule has 0 aromatic heterocycles. The van der Waals surface area contributed by atoms with Crippen molar-refractivity contribution in [2.24, 2.45) is 11.7 Å². The molecule has 0 heterocycles. The lowest BCUT2D eigenvalue weighted by atomic mass is 10.1. The third-order valence-electron chi connectivity index (χ3n) is 1.80. The van der Waals surface area contributed by atoms with E-state index in [9.17, 15) is 4.79 Å². The van der Waals surface area contributed by atoms with Gasteiger partial charge in [-0.25, -0.2) is 0 Å². The molecule has 13 heavy (non-hydrogen) atoms. The summed E-state index contributed by atoms with van der Waals surface area (Å²) in [7, 11) is 0. The molecular formula is C10H21NO2. The summed E-state index contributed by atoms with van der Waals surface area (Å²) >= 11 is 0. The van der Waals surface area contributed by atoms with Crippen molar-refractivity contribution in [1.82, 2.24) is 0 Å². The van der Waals surface area contributed by atoms with Crippen LogP contribution in [0.15, 0.2) is 0 Å². The molecule has 0 amide bonds. The molecule has 0 aromatic rings. The van der Waals surface area contributed by atoms with Crippen LogP contribution in [0.2, 0.25) is 0 Å². The van der Waals surface area contributed by atoms with Gasteiger partial charge in [-0.15, -0.1) is 0 Å². The maximum Gasteiger partial charge on any atom is 0.307 e. The van der Waals surface area contributed by atoms with E-state index < -0.39 is 0 Å². The van der Waals surface area contributed by atoms with Gasteiger partial charge in [0.05, 0.1) is 13.0 Å². The number of hydrogen-bond donors (Lipinski definition) is 1. The number of ether oxygens (including phenoxy) is 1. The van der Waals surface area contributed by atoms with Crippen LogP contribution in [0.5, 0.6) is 0 Å². The molecule has 0 aliphatic heterocycles. The van der Waals surface area contributed by atoms with Crippen LogP contribution in [0.25, 0.3) is 0 Å². The topological polar surface area (TPSA) is 52.3 Å². The Morgan fingerprint density at radius 1 is 1.46 bits per heavy atom. The molecule has 0 fully saturated rings. The summed E-state index contributed by atoms with van der Waals surface area (Å²) in [5.74, 6) is 0.278. The third kappa shape index (κ3) is 7.78. The zero-order chi connectivity index (χ0) is 10.3. The highest BCUT2D eigenvalue weighted by molar-refractivity contribution is 5.69. The molecule has 0 radical (unpaired) electrons. The van der Waals surface area contributed by atoms with Crippen LogP contribution < -0.4 is 5.73 Å². The molecule has 78 valence electrons. The van der Waals surface area contributed by atoms with Gasteiger partial charge < -0.3 is 10.5 Å². The van der Waals surface area contributed by atoms with Crippen molar-refractivity contribution in [2.45, 2.75) is 46.1 Å². The molecule has 2 atom stereocenters. The summed E-state index contributed by atoms with van der Waals surface area (Å²) < 4.78 is 5.05. The highest BCUT2D eigenvalue weighted by Crippen LogP contribution is 2.05. The number of rotatable bonds is 6. The van der Waals surface area contributed by atoms with Gasteiger partial charge in [-0.1, -0.05) is 20.3 Å². The van der Waals surface area contributed by atoms with Gasteiger partial charge in [0.1, 0.15) is 0 Å². The predicted molar refractivity (Wildman–Crippen MR) is 53.3 cm³/mol. The molecule has 0 rings (SSSR count). The Kier molecular flexibility index (Phi) is 6.59. The van der Waals surface area contributed by atoms with Gasteiger partial charge in [-0.3, -0.25) is 4.79 Å². The van der Waals surface area contributed by atoms with E-state index in [4.69, 9.17) is 10.5 Å². The lowest BCUT2D eigenvalue weighted by Gasteiger charge is -2.11. The fraction of sp³-hybridized carbons (Fsp3) is 0.900. The lowest BCUT2D eigenvalue weighted by molar-refractivity contribution is -0.145. The molecular weight excluding hydrogens is 166 g/mol. The second-order valence-electron chi connectivity index (χ2n) is 3.76. The van der Waals surface area contributed by atoms with Crippen LogP contribution >= 0.6 is 0 Å². The molecule has 2 N–H and O–H groups in total. The number of esters is 1. The van der Waals surface area contributed by atoms with E-state index in [0.717, 1.165) is 12.8 Å². The van der Waals surface area contributed by atoms with Crippen molar-refractivity contribution in [2.75, 3.05) is 6.61 Å². The fourth-order valence-corrected chi connectivity index (χ4v) is 1.13. The summed E-state index contributed by atoms with van der Waals surface area (Å²) in [6, 6.07) is -0.103. The van der Waals surface area contributed by atoms with Gasteiger partial charge in [0.25, 0.3) is 0 Å². The van der Waals surface area contributed by atoms with Crippen molar-refractivity contribution in [3.63, 3.8) is 0 Å². The first-order valence-corrected chi connectivity index (χ1v) is 4.97. The quantitative estimate of drug-likeness (QED) is 0.644. The largest absolute Gasteiger partial charge is 0.465 e. The maximum atomic E-state index is 11.1. The number of nitrogens with two attached hydrogens (primary N) is 1. The fourth-order valence-electron chi connectivity index (χ4n) is 1.13. The van der Waals surface area contributed by atoms with Gasteiger partial charge >= 0.3 is 5.97 Å². The first kappa shape index (κ1) is 12.4. The van der Waals surface area contributed by atoms with Crippen molar-refractivity contribution in [3.05, 3.63) is 0 Å². The van der Waals surface area contributed by atoms with Crippen molar-refractivity contribution < 1.29 is 9.53 Å². The van der Waals surface area contributed by atoms with Crippen LogP contribution in [-0.4, -0.2) is 18.6 Å². The predicted octanol–water partition coefficient (Wildman–Crippen LogP) is 1.70. The normalized spacial score (nSPS) is 15.1. The SMILES string of the molecule is CCCC(C)COC(=O)CC(C)N. The lowest BCUT2D eigenvalue weighted by Crippen LogP contribution is -2.22. The smallest absolute Gasteiger partial charge is 0.307 e. The molecule has 0 aliphatic carbocycles. The minimum atomic E-state index is -0.182. The molecule has 3 nitrogen and oxygen atoms in total. The third-order valence-corrected chi connectivity index (χ3v) is 1.80. The first-order valence-electron chi connectivity index (χ1n) is 4.97. The second-order valence-corrected chi connectivity index (χ2v) is 3.76. The summed E-state index contributed by atoms with van der Waals surface area (Å²) in [5, 5.41) is 0. The maximum absolute atomic E-state index is 11.1. The van der Waals surface area contributed by atoms with E-state index in [1.165, 1.54) is 0 Å². The van der Waals surface area contributed by atoms with Crippen molar-refractivity contribution in [1.29, 1.82) is 0 Å². The van der Waals surface area contributed by atoms with Gasteiger partial charge in [-0.05, 0) is 19.3 Å². The van der Waals surface area contributed by atoms with E-state index in [1.807, 2.05) is 0 Å². The van der Waals surface area contributed by atoms with Crippen molar-refractivity contribution in [3.8, 4) is 0 Å². The zero-order valence-corrected chi connectivity index (χ0v) is 8.88. The number of hydrogen-bond acceptors (Lipinski definition) is 3. The minimum Gasteiger partial charge on any atom is -0.465 e. The Hall–Kier alpha value is -0.570. The van der Waals surface area contributed by atoms with Crippen LogP contribution in [0.1, 0.15) is 40.0 Å². The number of carbonyl (C=O) groups excluding carboxylic acids is 1. The van der Waals surface area contributed by atoms with Crippen molar-refractivity contribution >= 4 is 5.97 Å². The molecule has 2 unspecified atom stereocenters. The van der Waals surface area contributed by atoms with Crippen LogP contribution in [0.3, 0.4) is 0 Å². The average Bonchev–Trinajstić information content (AvgIpc) is 2.00. The van der Waals surface area contributed by atoms with Gasteiger partial charge in [0.2, 0.25) is 0 Å². The van der Waals surface area contributed by atoms with Crippen LogP contribution in [0, 0.1) is 5.92 Å². The Morgan fingerprint density at radius 3 is 2.54 bits per heavy atom. The van der Waals surface area contributed by atoms with Gasteiger partial charge in [0.15, 0.2) is 0 Å². The van der Waals surface area contributed by atoms with E-state index in [0.29, 0.717) is 18.9 Å². The van der Waals surface area contributed by atoms with Crippen LogP contribution in [-0.2, 0) is 9.53 Å². The molecule has 0 saturated carbocycles. The molecule has 3 heteroatoms. The van der Waals surface area contributed by atoms with E-state index in [-0.39, 0.29) is 12.0 Å². The van der Waals surface area contributed by atoms with Crippen LogP contribution in [0.4, 0.5) is 0 Å². The molecule has 0 spiro atoms. The minimum absolute atomic E-state index is 0.103. The Balaban J connectivity index is 3.46. The summed E-state index contributed by atoms with van der Waals surface area (Å²) in [5.41, 5.74) is 5.46. The Morgan fingerprint density at radius 2 is 2.08 bits per heavy atom. The summed E-state index contributed by atoms with van der Waals surface area (Å²) in [6.45, 7) is 6.54. The van der Waals surface area contributed by atoms with E-state index >= 15 is 0 Å². The van der Waals surface area contributed by atoms with E-state index in [2.05, 4.69) is 13.8 Å². The Labute approximate surface area is 80.6 Å². The summed E-state index contributed by atoms with van der Waals surface area (Å²) in [6.07, 6.45) is 2.55. The zero-order valence-electron chi connectivity index (χ0n) is 8.88. The molecule has 0 saturated heterocycles. The van der Waals surface area contributed by atoms with Gasteiger partial charge in [-0.2, -0.15) is 0 Å². The average molecular weight is 187 g/mol. The second kappa shape index (κ2) is 6.89. The highest BCUT2D eigenvalue weighted by atomic mass is 16.5. The standard InChI is InChI=1S/C10H21NO2/c1-4-5-8(2)7-13-10(12)6-9(3)11/h8-9H,4-7,11H2,1-3H3. The van der Waals surface area contributed by atoms with Gasteiger partial charge in [0, 0.05) is 6.04 Å². The van der Waals surface area contributed by atoms with E-state index in [1.54, 1.807) is 6.92 Å². The first-order chi connectivity index (χ1) is 6.06. The highest BCUT2D eigenvalue weighted by Gasteiger charge is 2.08. The molecule has 0 aromatic carbocycles. The summed E-state index contributed by atoms with van der Waals surface area (Å²) in [4.78, 5) is 11.1.